The molecule has 1 saturated heterocycles. The van der Waals surface area contributed by atoms with Gasteiger partial charge in [0.15, 0.2) is 0 Å². The monoisotopic (exact) mass is 559 g/mol. The van der Waals surface area contributed by atoms with Gasteiger partial charge in [-0.15, -0.1) is 0 Å². The molecule has 2 heterocycles. The molecule has 0 aromatic heterocycles. The van der Waals surface area contributed by atoms with Gasteiger partial charge in [-0.2, -0.15) is 0 Å². The molecule has 0 bridgehead atoms. The zero-order valence-corrected chi connectivity index (χ0v) is 23.8. The average Bonchev–Trinajstić information content (AvgIpc) is 3.45. The van der Waals surface area contributed by atoms with E-state index in [1.165, 1.54) is 0 Å². The van der Waals surface area contributed by atoms with Gasteiger partial charge in [-0.05, 0) is 86.0 Å². The summed E-state index contributed by atoms with van der Waals surface area (Å²) < 4.78 is 5.21. The van der Waals surface area contributed by atoms with E-state index in [9.17, 15) is 29.7 Å². The number of aliphatic hydroxyl groups is 2. The van der Waals surface area contributed by atoms with E-state index in [4.69, 9.17) is 4.74 Å². The van der Waals surface area contributed by atoms with Crippen molar-refractivity contribution in [2.75, 3.05) is 39.3 Å². The van der Waals surface area contributed by atoms with Crippen molar-refractivity contribution in [1.29, 1.82) is 0 Å². The fourth-order valence-corrected chi connectivity index (χ4v) is 10.2. The molecule has 5 fully saturated rings. The van der Waals surface area contributed by atoms with Crippen LogP contribution in [0.1, 0.15) is 65.2 Å². The normalized spacial score (nSPS) is 45.0. The Morgan fingerprint density at radius 3 is 2.65 bits per heavy atom. The maximum absolute atomic E-state index is 12.4. The first-order valence-corrected chi connectivity index (χ1v) is 15.2. The SMILES string of the molecule is C[C@]12CC[C@H](N(CCN3CCNC(=O)C3)C(=O)O)C[C@H]1CC[C@@H]1[C@@H]2C[C@@H](O)[C@]2(C)[C@@H](C3=CC(=O)OC3)CC[C@]12O. The van der Waals surface area contributed by atoms with Gasteiger partial charge in [-0.3, -0.25) is 9.69 Å². The Morgan fingerprint density at radius 2 is 1.95 bits per heavy atom. The molecule has 6 rings (SSSR count). The Labute approximate surface area is 236 Å². The van der Waals surface area contributed by atoms with Crippen molar-refractivity contribution in [1.82, 2.24) is 15.1 Å². The summed E-state index contributed by atoms with van der Waals surface area (Å²) in [7, 11) is 0. The summed E-state index contributed by atoms with van der Waals surface area (Å²) in [5, 5.41) is 37.1. The number of aliphatic hydroxyl groups excluding tert-OH is 1. The zero-order chi connectivity index (χ0) is 28.4. The van der Waals surface area contributed by atoms with Crippen molar-refractivity contribution in [3.05, 3.63) is 11.6 Å². The molecule has 4 N–H and O–H groups in total. The van der Waals surface area contributed by atoms with Crippen molar-refractivity contribution in [3.63, 3.8) is 0 Å². The fourth-order valence-electron chi connectivity index (χ4n) is 10.2. The number of esters is 1. The van der Waals surface area contributed by atoms with Gasteiger partial charge in [-0.1, -0.05) is 13.8 Å². The van der Waals surface area contributed by atoms with Crippen LogP contribution in [0.3, 0.4) is 0 Å². The Bertz CT molecular complexity index is 1100. The molecule has 2 amide bonds. The highest BCUT2D eigenvalue weighted by molar-refractivity contribution is 5.85. The van der Waals surface area contributed by atoms with Crippen molar-refractivity contribution < 1.29 is 34.4 Å². The van der Waals surface area contributed by atoms with Crippen molar-refractivity contribution >= 4 is 18.0 Å². The number of carbonyl (C=O) groups excluding carboxylic acids is 2. The lowest BCUT2D eigenvalue weighted by atomic mass is 9.42. The molecular weight excluding hydrogens is 514 g/mol. The summed E-state index contributed by atoms with van der Waals surface area (Å²) in [5.41, 5.74) is -0.901. The molecule has 2 aliphatic heterocycles. The first-order valence-electron chi connectivity index (χ1n) is 15.2. The number of rotatable bonds is 5. The summed E-state index contributed by atoms with van der Waals surface area (Å²) in [4.78, 5) is 39.5. The van der Waals surface area contributed by atoms with Crippen molar-refractivity contribution in [3.8, 4) is 0 Å². The molecule has 4 saturated carbocycles. The zero-order valence-electron chi connectivity index (χ0n) is 23.8. The Morgan fingerprint density at radius 1 is 1.15 bits per heavy atom. The topological polar surface area (TPSA) is 140 Å². The minimum absolute atomic E-state index is 0.0129. The summed E-state index contributed by atoms with van der Waals surface area (Å²) in [5.74, 6) is 0.148. The van der Waals surface area contributed by atoms with Crippen LogP contribution >= 0.6 is 0 Å². The third-order valence-electron chi connectivity index (χ3n) is 12.5. The highest BCUT2D eigenvalue weighted by Crippen LogP contribution is 2.70. The second-order valence-electron chi connectivity index (χ2n) is 13.9. The third-order valence-corrected chi connectivity index (χ3v) is 12.5. The van der Waals surface area contributed by atoms with Crippen LogP contribution in [0.15, 0.2) is 11.6 Å². The molecule has 10 heteroatoms. The molecule has 0 spiro atoms. The number of amides is 2. The Kier molecular flexibility index (Phi) is 6.98. The molecule has 9 atom stereocenters. The van der Waals surface area contributed by atoms with Gasteiger partial charge in [0, 0.05) is 43.7 Å². The molecule has 10 nitrogen and oxygen atoms in total. The summed E-state index contributed by atoms with van der Waals surface area (Å²) in [6.45, 7) is 7.18. The van der Waals surface area contributed by atoms with Crippen molar-refractivity contribution in [2.24, 2.45) is 34.5 Å². The number of nitrogens with zero attached hydrogens (tertiary/aromatic N) is 2. The maximum Gasteiger partial charge on any atom is 0.407 e. The van der Waals surface area contributed by atoms with Crippen LogP contribution in [0.4, 0.5) is 4.79 Å². The minimum Gasteiger partial charge on any atom is -0.465 e. The van der Waals surface area contributed by atoms with Gasteiger partial charge in [0.25, 0.3) is 0 Å². The quantitative estimate of drug-likeness (QED) is 0.375. The largest absolute Gasteiger partial charge is 0.465 e. The van der Waals surface area contributed by atoms with Gasteiger partial charge >= 0.3 is 12.1 Å². The first-order chi connectivity index (χ1) is 19.0. The number of piperazine rings is 1. The van der Waals surface area contributed by atoms with Gasteiger partial charge in [0.05, 0.1) is 18.2 Å². The Balaban J connectivity index is 1.17. The van der Waals surface area contributed by atoms with Crippen LogP contribution in [-0.4, -0.2) is 100 Å². The number of nitrogens with one attached hydrogen (secondary N) is 1. The summed E-state index contributed by atoms with van der Waals surface area (Å²) in [6, 6.07) is -0.0599. The lowest BCUT2D eigenvalue weighted by Gasteiger charge is -2.65. The van der Waals surface area contributed by atoms with Crippen LogP contribution < -0.4 is 5.32 Å². The van der Waals surface area contributed by atoms with E-state index in [1.807, 2.05) is 11.8 Å². The Hall–Kier alpha value is -2.17. The van der Waals surface area contributed by atoms with E-state index in [0.717, 1.165) is 50.6 Å². The predicted molar refractivity (Wildman–Crippen MR) is 145 cm³/mol. The molecule has 40 heavy (non-hydrogen) atoms. The smallest absolute Gasteiger partial charge is 0.407 e. The fraction of sp³-hybridized carbons (Fsp3) is 0.833. The van der Waals surface area contributed by atoms with Gasteiger partial charge in [0.2, 0.25) is 5.91 Å². The number of hydrogen-bond donors (Lipinski definition) is 4. The molecule has 0 aromatic rings. The lowest BCUT2D eigenvalue weighted by Crippen LogP contribution is -2.67. The summed E-state index contributed by atoms with van der Waals surface area (Å²) in [6.07, 6.45) is 6.20. The number of carbonyl (C=O) groups is 3. The van der Waals surface area contributed by atoms with Crippen LogP contribution in [0, 0.1) is 34.5 Å². The third kappa shape index (κ3) is 4.19. The van der Waals surface area contributed by atoms with E-state index in [1.54, 1.807) is 11.0 Å². The van der Waals surface area contributed by atoms with E-state index in [0.29, 0.717) is 44.9 Å². The summed E-state index contributed by atoms with van der Waals surface area (Å²) >= 11 is 0. The lowest BCUT2D eigenvalue weighted by molar-refractivity contribution is -0.243. The van der Waals surface area contributed by atoms with Gasteiger partial charge in [-0.25, -0.2) is 9.59 Å². The van der Waals surface area contributed by atoms with Crippen LogP contribution in [-0.2, 0) is 14.3 Å². The van der Waals surface area contributed by atoms with E-state index < -0.39 is 23.2 Å². The average molecular weight is 560 g/mol. The van der Waals surface area contributed by atoms with E-state index in [-0.39, 0.29) is 47.7 Å². The second kappa shape index (κ2) is 9.98. The molecule has 6 aliphatic rings. The highest BCUT2D eigenvalue weighted by atomic mass is 16.5. The molecule has 222 valence electrons. The van der Waals surface area contributed by atoms with Gasteiger partial charge in [0.1, 0.15) is 6.61 Å². The minimum atomic E-state index is -1.01. The molecule has 0 aromatic carbocycles. The van der Waals surface area contributed by atoms with Crippen LogP contribution in [0.5, 0.6) is 0 Å². The first kappa shape index (κ1) is 28.0. The molecule has 4 aliphatic carbocycles. The van der Waals surface area contributed by atoms with Gasteiger partial charge < -0.3 is 30.3 Å². The number of ether oxygens (including phenoxy) is 1. The van der Waals surface area contributed by atoms with Crippen molar-refractivity contribution in [2.45, 2.75) is 83.0 Å². The maximum atomic E-state index is 12.4. The molecule has 0 radical (unpaired) electrons. The number of cyclic esters (lactones) is 1. The highest BCUT2D eigenvalue weighted by Gasteiger charge is 2.70. The van der Waals surface area contributed by atoms with E-state index in [2.05, 4.69) is 12.2 Å². The second-order valence-corrected chi connectivity index (χ2v) is 13.9. The van der Waals surface area contributed by atoms with E-state index >= 15 is 0 Å². The van der Waals surface area contributed by atoms with Crippen LogP contribution in [0.25, 0.3) is 0 Å². The number of hydrogen-bond acceptors (Lipinski definition) is 7. The standard InChI is InChI=1S/C30H45N3O7/c1-28-7-5-20(33(27(37)38)12-11-32-10-9-31-25(35)16-32)14-19(28)3-4-22-23(28)15-24(34)29(2)21(6-8-30(22,29)39)18-13-26(36)40-17-18/h13,19-24,34,39H,3-12,14-17H2,1-2H3,(H,31,35)(H,37,38)/t19-,20+,21-,22-,23+,24-,28+,29+,30+/m1/s1. The number of fused-ring (bicyclic) bond motifs is 5. The number of carboxylic acid groups (broad SMARTS) is 1. The predicted octanol–water partition coefficient (Wildman–Crippen LogP) is 1.99. The molecule has 0 unspecified atom stereocenters. The van der Waals surface area contributed by atoms with Crippen LogP contribution in [0.2, 0.25) is 0 Å². The molecular formula is C30H45N3O7.